The lowest BCUT2D eigenvalue weighted by Gasteiger charge is -2.12. The van der Waals surface area contributed by atoms with Crippen LogP contribution in [0.2, 0.25) is 0 Å². The first-order valence-corrected chi connectivity index (χ1v) is 5.62. The summed E-state index contributed by atoms with van der Waals surface area (Å²) in [5.41, 5.74) is 0.916. The summed E-state index contributed by atoms with van der Waals surface area (Å²) in [6, 6.07) is 10.2. The van der Waals surface area contributed by atoms with Crippen molar-refractivity contribution in [1.82, 2.24) is 0 Å². The van der Waals surface area contributed by atoms with Crippen LogP contribution in [0, 0.1) is 0 Å². The second-order valence-electron chi connectivity index (χ2n) is 3.96. The molecule has 6 heteroatoms. The van der Waals surface area contributed by atoms with Gasteiger partial charge in [-0.2, -0.15) is 0 Å². The van der Waals surface area contributed by atoms with E-state index < -0.39 is 12.1 Å². The number of hydrogen-bond donors (Lipinski definition) is 1. The molecule has 0 aliphatic rings. The molecule has 0 aromatic heterocycles. The van der Waals surface area contributed by atoms with Crippen LogP contribution in [-0.4, -0.2) is 18.6 Å². The standard InChI is InChI=1S/C14H11F3O3/c1-19-13-5-3-2-4-12(13)9-6-10(18)8-11(7-9)20-14(15,16)17/h2-8,18H,1H3. The number of alkyl halides is 3. The smallest absolute Gasteiger partial charge is 0.508 e. The molecular weight excluding hydrogens is 273 g/mol. The third-order valence-electron chi connectivity index (χ3n) is 2.54. The predicted molar refractivity (Wildman–Crippen MR) is 66.8 cm³/mol. The first-order valence-electron chi connectivity index (χ1n) is 5.62. The Labute approximate surface area is 113 Å². The van der Waals surface area contributed by atoms with Crippen molar-refractivity contribution in [2.45, 2.75) is 6.36 Å². The van der Waals surface area contributed by atoms with Crippen molar-refractivity contribution < 1.29 is 27.8 Å². The highest BCUT2D eigenvalue weighted by Gasteiger charge is 2.31. The summed E-state index contributed by atoms with van der Waals surface area (Å²) in [5, 5.41) is 9.53. The third kappa shape index (κ3) is 3.34. The number of phenolic OH excluding ortho intramolecular Hbond substituents is 1. The van der Waals surface area contributed by atoms with Crippen molar-refractivity contribution in [3.63, 3.8) is 0 Å². The Kier molecular flexibility index (Phi) is 3.74. The van der Waals surface area contributed by atoms with Crippen LogP contribution in [0.4, 0.5) is 13.2 Å². The van der Waals surface area contributed by atoms with Gasteiger partial charge in [0.1, 0.15) is 17.2 Å². The minimum absolute atomic E-state index is 0.326. The van der Waals surface area contributed by atoms with Crippen LogP contribution in [-0.2, 0) is 0 Å². The van der Waals surface area contributed by atoms with E-state index in [1.807, 2.05) is 0 Å². The molecule has 0 radical (unpaired) electrons. The summed E-state index contributed by atoms with van der Waals surface area (Å²) in [6.45, 7) is 0. The molecule has 0 amide bonds. The molecule has 0 aliphatic heterocycles. The lowest BCUT2D eigenvalue weighted by Crippen LogP contribution is -2.17. The highest BCUT2D eigenvalue weighted by molar-refractivity contribution is 5.72. The zero-order valence-corrected chi connectivity index (χ0v) is 10.4. The lowest BCUT2D eigenvalue weighted by molar-refractivity contribution is -0.274. The van der Waals surface area contributed by atoms with Gasteiger partial charge in [-0.25, -0.2) is 0 Å². The molecule has 20 heavy (non-hydrogen) atoms. The molecule has 2 rings (SSSR count). The van der Waals surface area contributed by atoms with Crippen molar-refractivity contribution in [2.75, 3.05) is 7.11 Å². The molecule has 0 spiro atoms. The topological polar surface area (TPSA) is 38.7 Å². The number of aromatic hydroxyl groups is 1. The second-order valence-corrected chi connectivity index (χ2v) is 3.96. The number of methoxy groups -OCH3 is 1. The normalized spacial score (nSPS) is 11.2. The highest BCUT2D eigenvalue weighted by atomic mass is 19.4. The van der Waals surface area contributed by atoms with Crippen molar-refractivity contribution in [1.29, 1.82) is 0 Å². The van der Waals surface area contributed by atoms with Gasteiger partial charge in [0.15, 0.2) is 0 Å². The second kappa shape index (κ2) is 5.32. The van der Waals surface area contributed by atoms with Crippen LogP contribution in [0.1, 0.15) is 0 Å². The van der Waals surface area contributed by atoms with Gasteiger partial charge in [-0.1, -0.05) is 18.2 Å². The maximum absolute atomic E-state index is 12.2. The summed E-state index contributed by atoms with van der Waals surface area (Å²) in [4.78, 5) is 0. The summed E-state index contributed by atoms with van der Waals surface area (Å²) in [6.07, 6.45) is -4.81. The molecule has 0 saturated carbocycles. The molecule has 0 saturated heterocycles. The Bertz CT molecular complexity index is 609. The van der Waals surface area contributed by atoms with Gasteiger partial charge in [0, 0.05) is 11.6 Å². The van der Waals surface area contributed by atoms with Crippen LogP contribution in [0.5, 0.6) is 17.2 Å². The van der Waals surface area contributed by atoms with Gasteiger partial charge in [0.25, 0.3) is 0 Å². The Morgan fingerprint density at radius 3 is 2.40 bits per heavy atom. The van der Waals surface area contributed by atoms with Crippen LogP contribution < -0.4 is 9.47 Å². The molecule has 2 aromatic rings. The fourth-order valence-electron chi connectivity index (χ4n) is 1.81. The third-order valence-corrected chi connectivity index (χ3v) is 2.54. The zero-order chi connectivity index (χ0) is 14.8. The minimum Gasteiger partial charge on any atom is -0.508 e. The maximum Gasteiger partial charge on any atom is 0.573 e. The van der Waals surface area contributed by atoms with Gasteiger partial charge in [0.2, 0.25) is 0 Å². The van der Waals surface area contributed by atoms with E-state index in [9.17, 15) is 18.3 Å². The molecule has 0 aliphatic carbocycles. The molecule has 0 unspecified atom stereocenters. The fraction of sp³-hybridized carbons (Fsp3) is 0.143. The van der Waals surface area contributed by atoms with Gasteiger partial charge >= 0.3 is 6.36 Å². The van der Waals surface area contributed by atoms with Gasteiger partial charge in [-0.3, -0.25) is 0 Å². The van der Waals surface area contributed by atoms with Gasteiger partial charge in [0.05, 0.1) is 7.11 Å². The Hall–Kier alpha value is -2.37. The van der Waals surface area contributed by atoms with Crippen LogP contribution in [0.15, 0.2) is 42.5 Å². The Morgan fingerprint density at radius 1 is 1.05 bits per heavy atom. The maximum atomic E-state index is 12.2. The van der Waals surface area contributed by atoms with Crippen LogP contribution in [0.25, 0.3) is 11.1 Å². The van der Waals surface area contributed by atoms with E-state index in [1.165, 1.54) is 19.2 Å². The number of hydrogen-bond acceptors (Lipinski definition) is 3. The summed E-state index contributed by atoms with van der Waals surface area (Å²) >= 11 is 0. The van der Waals surface area contributed by atoms with Crippen molar-refractivity contribution >= 4 is 0 Å². The molecule has 2 aromatic carbocycles. The summed E-state index contributed by atoms with van der Waals surface area (Å²) < 4.78 is 45.6. The van der Waals surface area contributed by atoms with E-state index in [0.717, 1.165) is 6.07 Å². The van der Waals surface area contributed by atoms with Crippen LogP contribution in [0.3, 0.4) is 0 Å². The van der Waals surface area contributed by atoms with Gasteiger partial charge in [-0.05, 0) is 23.8 Å². The molecule has 0 fully saturated rings. The highest BCUT2D eigenvalue weighted by Crippen LogP contribution is 2.36. The monoisotopic (exact) mass is 284 g/mol. The number of rotatable bonds is 3. The predicted octanol–water partition coefficient (Wildman–Crippen LogP) is 3.97. The average molecular weight is 284 g/mol. The minimum atomic E-state index is -4.81. The van der Waals surface area contributed by atoms with Crippen LogP contribution >= 0.6 is 0 Å². The quantitative estimate of drug-likeness (QED) is 0.927. The first kappa shape index (κ1) is 14.0. The largest absolute Gasteiger partial charge is 0.573 e. The van der Waals surface area contributed by atoms with E-state index in [0.29, 0.717) is 16.9 Å². The van der Waals surface area contributed by atoms with Crippen molar-refractivity contribution in [3.8, 4) is 28.4 Å². The van der Waals surface area contributed by atoms with Gasteiger partial charge in [-0.15, -0.1) is 13.2 Å². The van der Waals surface area contributed by atoms with Crippen molar-refractivity contribution in [2.24, 2.45) is 0 Å². The molecular formula is C14H11F3O3. The molecule has 0 atom stereocenters. The number of phenols is 1. The molecule has 0 heterocycles. The Morgan fingerprint density at radius 2 is 1.75 bits per heavy atom. The van der Waals surface area contributed by atoms with E-state index in [4.69, 9.17) is 4.74 Å². The summed E-state index contributed by atoms with van der Waals surface area (Å²) in [5.74, 6) is -0.331. The Balaban J connectivity index is 2.47. The fourth-order valence-corrected chi connectivity index (χ4v) is 1.81. The molecule has 0 bridgehead atoms. The average Bonchev–Trinajstić information content (AvgIpc) is 2.36. The molecule has 3 nitrogen and oxygen atoms in total. The molecule has 1 N–H and O–H groups in total. The van der Waals surface area contributed by atoms with E-state index in [1.54, 1.807) is 24.3 Å². The van der Waals surface area contributed by atoms with E-state index >= 15 is 0 Å². The molecule has 106 valence electrons. The SMILES string of the molecule is COc1ccccc1-c1cc(O)cc(OC(F)(F)F)c1. The summed E-state index contributed by atoms with van der Waals surface area (Å²) in [7, 11) is 1.45. The van der Waals surface area contributed by atoms with E-state index in [-0.39, 0.29) is 5.75 Å². The number of ether oxygens (including phenoxy) is 2. The van der Waals surface area contributed by atoms with E-state index in [2.05, 4.69) is 4.74 Å². The number of para-hydroxylation sites is 1. The lowest BCUT2D eigenvalue weighted by atomic mass is 10.0. The van der Waals surface area contributed by atoms with Crippen molar-refractivity contribution in [3.05, 3.63) is 42.5 Å². The first-order chi connectivity index (χ1) is 9.39. The van der Waals surface area contributed by atoms with Gasteiger partial charge < -0.3 is 14.6 Å². The number of halogens is 3. The number of benzene rings is 2. The zero-order valence-electron chi connectivity index (χ0n) is 10.4.